The molecule has 64 valence electrons. The Labute approximate surface area is 69.1 Å². The Kier molecular flexibility index (Phi) is 3.13. The van der Waals surface area contributed by atoms with Crippen LogP contribution in [0.15, 0.2) is 11.6 Å². The fraction of sp³-hybridized carbons (Fsp3) is 0.800. The van der Waals surface area contributed by atoms with Crippen LogP contribution in [0.4, 0.5) is 0 Å². The van der Waals surface area contributed by atoms with Gasteiger partial charge in [0.2, 0.25) is 0 Å². The highest BCUT2D eigenvalue weighted by Gasteiger charge is 2.17. The molecule has 0 amide bonds. The molecule has 1 heteroatoms. The highest BCUT2D eigenvalue weighted by atomic mass is 16.3. The van der Waals surface area contributed by atoms with Crippen LogP contribution in [0.25, 0.3) is 0 Å². The van der Waals surface area contributed by atoms with Gasteiger partial charge in [0.25, 0.3) is 0 Å². The number of aliphatic hydroxyl groups excluding tert-OH is 1. The van der Waals surface area contributed by atoms with Crippen LogP contribution in [0, 0.1) is 11.8 Å². The maximum absolute atomic E-state index is 8.92. The van der Waals surface area contributed by atoms with Crippen molar-refractivity contribution < 1.29 is 5.11 Å². The normalized spacial score (nSPS) is 25.5. The van der Waals surface area contributed by atoms with Gasteiger partial charge >= 0.3 is 0 Å². The van der Waals surface area contributed by atoms with Gasteiger partial charge in [-0.05, 0) is 36.7 Å². The molecule has 0 heterocycles. The average Bonchev–Trinajstić information content (AvgIpc) is 2.05. The molecule has 0 aromatic carbocycles. The summed E-state index contributed by atoms with van der Waals surface area (Å²) in [5, 5.41) is 8.92. The lowest BCUT2D eigenvalue weighted by Crippen LogP contribution is -2.14. The summed E-state index contributed by atoms with van der Waals surface area (Å²) in [6.07, 6.45) is 5.78. The minimum absolute atomic E-state index is 0.267. The van der Waals surface area contributed by atoms with E-state index in [4.69, 9.17) is 5.11 Å². The Bertz CT molecular complexity index is 147. The van der Waals surface area contributed by atoms with Crippen molar-refractivity contribution in [3.05, 3.63) is 11.6 Å². The van der Waals surface area contributed by atoms with Crippen molar-refractivity contribution in [2.24, 2.45) is 11.8 Å². The molecule has 1 aliphatic rings. The lowest BCUT2D eigenvalue weighted by Gasteiger charge is -2.24. The first-order valence-corrected chi connectivity index (χ1v) is 4.52. The monoisotopic (exact) mass is 154 g/mol. The number of hydrogen-bond donors (Lipinski definition) is 1. The first kappa shape index (κ1) is 8.79. The second-order valence-corrected chi connectivity index (χ2v) is 3.81. The molecule has 11 heavy (non-hydrogen) atoms. The van der Waals surface area contributed by atoms with Gasteiger partial charge in [0, 0.05) is 0 Å². The predicted octanol–water partition coefficient (Wildman–Crippen LogP) is 2.36. The van der Waals surface area contributed by atoms with Crippen LogP contribution in [-0.4, -0.2) is 11.7 Å². The van der Waals surface area contributed by atoms with Gasteiger partial charge in [0.05, 0.1) is 6.61 Å². The van der Waals surface area contributed by atoms with E-state index in [-0.39, 0.29) is 6.61 Å². The van der Waals surface area contributed by atoms with Crippen LogP contribution < -0.4 is 0 Å². The summed E-state index contributed by atoms with van der Waals surface area (Å²) < 4.78 is 0. The molecule has 0 spiro atoms. The van der Waals surface area contributed by atoms with Crippen molar-refractivity contribution in [2.45, 2.75) is 33.1 Å². The van der Waals surface area contributed by atoms with Gasteiger partial charge in [-0.25, -0.2) is 0 Å². The molecular weight excluding hydrogens is 136 g/mol. The highest BCUT2D eigenvalue weighted by molar-refractivity contribution is 5.07. The van der Waals surface area contributed by atoms with Crippen molar-refractivity contribution in [2.75, 3.05) is 6.61 Å². The molecule has 0 saturated carbocycles. The van der Waals surface area contributed by atoms with E-state index in [1.54, 1.807) is 0 Å². The van der Waals surface area contributed by atoms with E-state index >= 15 is 0 Å². The molecule has 0 aliphatic heterocycles. The van der Waals surface area contributed by atoms with Crippen molar-refractivity contribution in [3.63, 3.8) is 0 Å². The van der Waals surface area contributed by atoms with Crippen LogP contribution in [0.3, 0.4) is 0 Å². The van der Waals surface area contributed by atoms with E-state index in [0.29, 0.717) is 0 Å². The summed E-state index contributed by atoms with van der Waals surface area (Å²) in [5.74, 6) is 1.58. The molecule has 0 bridgehead atoms. The van der Waals surface area contributed by atoms with E-state index in [1.165, 1.54) is 18.4 Å². The summed E-state index contributed by atoms with van der Waals surface area (Å²) in [6, 6.07) is 0. The smallest absolute Gasteiger partial charge is 0.0641 e. The lowest BCUT2D eigenvalue weighted by atomic mass is 9.82. The zero-order valence-corrected chi connectivity index (χ0v) is 7.51. The zero-order valence-electron chi connectivity index (χ0n) is 7.51. The topological polar surface area (TPSA) is 20.2 Å². The Morgan fingerprint density at radius 2 is 2.36 bits per heavy atom. The van der Waals surface area contributed by atoms with Gasteiger partial charge in [-0.1, -0.05) is 19.9 Å². The number of aliphatic hydroxyl groups is 1. The number of allylic oxidation sites excluding steroid dienone is 1. The van der Waals surface area contributed by atoms with Gasteiger partial charge in [0.1, 0.15) is 0 Å². The van der Waals surface area contributed by atoms with E-state index in [9.17, 15) is 0 Å². The Morgan fingerprint density at radius 1 is 1.64 bits per heavy atom. The Balaban J connectivity index is 2.46. The maximum atomic E-state index is 8.92. The quantitative estimate of drug-likeness (QED) is 0.605. The lowest BCUT2D eigenvalue weighted by molar-refractivity contribution is 0.289. The van der Waals surface area contributed by atoms with Crippen LogP contribution in [0.5, 0.6) is 0 Å². The molecule has 0 radical (unpaired) electrons. The van der Waals surface area contributed by atoms with Gasteiger partial charge in [0.15, 0.2) is 0 Å². The molecule has 1 atom stereocenters. The van der Waals surface area contributed by atoms with Crippen molar-refractivity contribution in [1.82, 2.24) is 0 Å². The van der Waals surface area contributed by atoms with Gasteiger partial charge in [-0.15, -0.1) is 0 Å². The SMILES string of the molecule is CC(C)[C@H]1CCC=C(CO)C1. The maximum Gasteiger partial charge on any atom is 0.0641 e. The molecule has 1 N–H and O–H groups in total. The van der Waals surface area contributed by atoms with Gasteiger partial charge in [-0.3, -0.25) is 0 Å². The highest BCUT2D eigenvalue weighted by Crippen LogP contribution is 2.29. The molecule has 0 saturated heterocycles. The first-order chi connectivity index (χ1) is 5.24. The van der Waals surface area contributed by atoms with Gasteiger partial charge < -0.3 is 5.11 Å². The second-order valence-electron chi connectivity index (χ2n) is 3.81. The molecule has 0 fully saturated rings. The molecule has 1 rings (SSSR count). The van der Waals surface area contributed by atoms with Crippen LogP contribution >= 0.6 is 0 Å². The van der Waals surface area contributed by atoms with Gasteiger partial charge in [-0.2, -0.15) is 0 Å². The molecule has 0 aromatic heterocycles. The van der Waals surface area contributed by atoms with Crippen LogP contribution in [-0.2, 0) is 0 Å². The standard InChI is InChI=1S/C10H18O/c1-8(2)10-5-3-4-9(6-10)7-11/h4,8,10-11H,3,5-7H2,1-2H3/t10-/m0/s1. The third-order valence-corrected chi connectivity index (χ3v) is 2.64. The summed E-state index contributed by atoms with van der Waals surface area (Å²) in [4.78, 5) is 0. The summed E-state index contributed by atoms with van der Waals surface area (Å²) in [5.41, 5.74) is 1.25. The fourth-order valence-electron chi connectivity index (χ4n) is 1.72. The van der Waals surface area contributed by atoms with Crippen molar-refractivity contribution in [1.29, 1.82) is 0 Å². The van der Waals surface area contributed by atoms with E-state index in [1.807, 2.05) is 0 Å². The molecule has 1 nitrogen and oxygen atoms in total. The van der Waals surface area contributed by atoms with E-state index in [0.717, 1.165) is 18.3 Å². The third kappa shape index (κ3) is 2.33. The van der Waals surface area contributed by atoms with Crippen LogP contribution in [0.2, 0.25) is 0 Å². The molecule has 0 aromatic rings. The second kappa shape index (κ2) is 3.91. The Hall–Kier alpha value is -0.300. The van der Waals surface area contributed by atoms with Crippen molar-refractivity contribution in [3.8, 4) is 0 Å². The van der Waals surface area contributed by atoms with E-state index < -0.39 is 0 Å². The number of rotatable bonds is 2. The molecule has 1 aliphatic carbocycles. The minimum Gasteiger partial charge on any atom is -0.392 e. The minimum atomic E-state index is 0.267. The predicted molar refractivity (Wildman–Crippen MR) is 47.3 cm³/mol. The summed E-state index contributed by atoms with van der Waals surface area (Å²) >= 11 is 0. The Morgan fingerprint density at radius 3 is 2.91 bits per heavy atom. The summed E-state index contributed by atoms with van der Waals surface area (Å²) in [7, 11) is 0. The first-order valence-electron chi connectivity index (χ1n) is 4.52. The average molecular weight is 154 g/mol. The summed E-state index contributed by atoms with van der Waals surface area (Å²) in [6.45, 7) is 4.80. The zero-order chi connectivity index (χ0) is 8.27. The van der Waals surface area contributed by atoms with E-state index in [2.05, 4.69) is 19.9 Å². The molecular formula is C10H18O. The molecule has 0 unspecified atom stereocenters. The van der Waals surface area contributed by atoms with Crippen LogP contribution in [0.1, 0.15) is 33.1 Å². The third-order valence-electron chi connectivity index (χ3n) is 2.64. The fourth-order valence-corrected chi connectivity index (χ4v) is 1.72. The largest absolute Gasteiger partial charge is 0.392 e. The number of hydrogen-bond acceptors (Lipinski definition) is 1. The van der Waals surface area contributed by atoms with Crippen molar-refractivity contribution >= 4 is 0 Å².